The molecular formula is C26H39Cl3N8O2. The second kappa shape index (κ2) is 17.5. The summed E-state index contributed by atoms with van der Waals surface area (Å²) in [5, 5.41) is 4.05. The minimum Gasteiger partial charge on any atom is -0.368 e. The summed E-state index contributed by atoms with van der Waals surface area (Å²) in [6, 6.07) is 7.60. The van der Waals surface area contributed by atoms with E-state index in [1.807, 2.05) is 48.3 Å². The van der Waals surface area contributed by atoms with E-state index >= 15 is 0 Å². The van der Waals surface area contributed by atoms with E-state index in [9.17, 15) is 9.59 Å². The third kappa shape index (κ3) is 13.1. The average molecular weight is 602 g/mol. The van der Waals surface area contributed by atoms with E-state index in [-0.39, 0.29) is 11.1 Å². The Morgan fingerprint density at radius 3 is 1.59 bits per heavy atom. The van der Waals surface area contributed by atoms with Crippen molar-refractivity contribution in [3.63, 3.8) is 0 Å². The summed E-state index contributed by atoms with van der Waals surface area (Å²) in [6.45, 7) is 8.16. The van der Waals surface area contributed by atoms with Gasteiger partial charge >= 0.3 is 0 Å². The fourth-order valence-electron chi connectivity index (χ4n) is 3.87. The highest BCUT2D eigenvalue weighted by atomic mass is 35.5. The van der Waals surface area contributed by atoms with Crippen molar-refractivity contribution in [3.8, 4) is 0 Å². The molecule has 39 heavy (non-hydrogen) atoms. The SMILES string of the molecule is CN(C)CC(=O)Cl.CN(C)CC(=O)N1CCN(c2ccc(Cl)nc2)CC1.Clc1ccc(N2CCNCC2)cn1. The monoisotopic (exact) mass is 600 g/mol. The van der Waals surface area contributed by atoms with Crippen LogP contribution in [-0.4, -0.2) is 129 Å². The van der Waals surface area contributed by atoms with Crippen LogP contribution >= 0.6 is 34.8 Å². The highest BCUT2D eigenvalue weighted by Gasteiger charge is 2.21. The normalized spacial score (nSPS) is 15.4. The summed E-state index contributed by atoms with van der Waals surface area (Å²) in [5.41, 5.74) is 2.22. The molecule has 0 unspecified atom stereocenters. The molecule has 2 aliphatic heterocycles. The number of amides is 1. The molecule has 10 nitrogen and oxygen atoms in total. The summed E-state index contributed by atoms with van der Waals surface area (Å²) >= 11 is 16.5. The van der Waals surface area contributed by atoms with Gasteiger partial charge < -0.3 is 29.8 Å². The molecular weight excluding hydrogens is 563 g/mol. The van der Waals surface area contributed by atoms with E-state index in [0.717, 1.165) is 63.7 Å². The second-order valence-electron chi connectivity index (χ2n) is 9.61. The Hall–Kier alpha value is -2.21. The summed E-state index contributed by atoms with van der Waals surface area (Å²) in [6.07, 6.45) is 3.60. The summed E-state index contributed by atoms with van der Waals surface area (Å²) in [5.74, 6) is 0.193. The van der Waals surface area contributed by atoms with Gasteiger partial charge in [-0.15, -0.1) is 0 Å². The van der Waals surface area contributed by atoms with Crippen molar-refractivity contribution < 1.29 is 9.59 Å². The number of pyridine rings is 2. The number of carbonyl (C=O) groups is 2. The van der Waals surface area contributed by atoms with Gasteiger partial charge in [0.15, 0.2) is 0 Å². The van der Waals surface area contributed by atoms with Gasteiger partial charge in [-0.2, -0.15) is 0 Å². The molecule has 1 N–H and O–H groups in total. The fourth-order valence-corrected chi connectivity index (χ4v) is 4.33. The Morgan fingerprint density at radius 1 is 0.769 bits per heavy atom. The molecule has 2 aromatic rings. The molecule has 216 valence electrons. The molecule has 0 aromatic carbocycles. The molecule has 2 fully saturated rings. The molecule has 2 aromatic heterocycles. The molecule has 0 saturated carbocycles. The Kier molecular flexibility index (Phi) is 14.8. The van der Waals surface area contributed by atoms with Crippen LogP contribution in [0.1, 0.15) is 0 Å². The number of hydrogen-bond donors (Lipinski definition) is 1. The lowest BCUT2D eigenvalue weighted by molar-refractivity contribution is -0.132. The van der Waals surface area contributed by atoms with Gasteiger partial charge in [-0.3, -0.25) is 9.59 Å². The molecule has 2 aliphatic rings. The summed E-state index contributed by atoms with van der Waals surface area (Å²) in [7, 11) is 7.40. The lowest BCUT2D eigenvalue weighted by atomic mass is 10.2. The molecule has 4 rings (SSSR count). The number of carbonyl (C=O) groups excluding carboxylic acids is 2. The minimum absolute atomic E-state index is 0.193. The number of anilines is 2. The Bertz CT molecular complexity index is 995. The number of piperazine rings is 2. The predicted octanol–water partition coefficient (Wildman–Crippen LogP) is 2.40. The first-order valence-electron chi connectivity index (χ1n) is 12.7. The smallest absolute Gasteiger partial charge is 0.236 e. The number of halogens is 3. The number of nitrogens with one attached hydrogen (secondary N) is 1. The number of rotatable bonds is 6. The molecule has 1 amide bonds. The van der Waals surface area contributed by atoms with Gasteiger partial charge in [0, 0.05) is 52.4 Å². The van der Waals surface area contributed by atoms with Gasteiger partial charge in [0.05, 0.1) is 36.9 Å². The van der Waals surface area contributed by atoms with Gasteiger partial charge in [-0.1, -0.05) is 23.2 Å². The molecule has 0 spiro atoms. The van der Waals surface area contributed by atoms with Gasteiger partial charge in [-0.05, 0) is 64.1 Å². The van der Waals surface area contributed by atoms with Gasteiger partial charge in [0.1, 0.15) is 10.3 Å². The van der Waals surface area contributed by atoms with Crippen molar-refractivity contribution in [2.75, 3.05) is 103 Å². The number of aromatic nitrogens is 2. The fraction of sp³-hybridized carbons (Fsp3) is 0.538. The average Bonchev–Trinajstić information content (AvgIpc) is 2.90. The van der Waals surface area contributed by atoms with Crippen LogP contribution in [0.4, 0.5) is 11.4 Å². The Labute approximate surface area is 246 Å². The maximum atomic E-state index is 11.9. The van der Waals surface area contributed by atoms with Gasteiger partial charge in [-0.25, -0.2) is 9.97 Å². The summed E-state index contributed by atoms with van der Waals surface area (Å²) in [4.78, 5) is 40.1. The van der Waals surface area contributed by atoms with Crippen molar-refractivity contribution in [3.05, 3.63) is 47.0 Å². The maximum absolute atomic E-state index is 11.9. The van der Waals surface area contributed by atoms with E-state index in [1.54, 1.807) is 31.3 Å². The van der Waals surface area contributed by atoms with Crippen LogP contribution < -0.4 is 15.1 Å². The topological polar surface area (TPSA) is 88.2 Å². The van der Waals surface area contributed by atoms with E-state index in [1.165, 1.54) is 0 Å². The number of nitrogens with zero attached hydrogens (tertiary/aromatic N) is 7. The zero-order valence-electron chi connectivity index (χ0n) is 23.1. The second-order valence-corrected chi connectivity index (χ2v) is 10.8. The molecule has 2 saturated heterocycles. The van der Waals surface area contributed by atoms with Gasteiger partial charge in [0.2, 0.25) is 11.1 Å². The van der Waals surface area contributed by atoms with E-state index in [0.29, 0.717) is 23.4 Å². The highest BCUT2D eigenvalue weighted by molar-refractivity contribution is 6.64. The number of likely N-dealkylation sites (N-methyl/N-ethyl adjacent to an activating group) is 2. The van der Waals surface area contributed by atoms with Crippen molar-refractivity contribution in [2.24, 2.45) is 0 Å². The first kappa shape index (κ1) is 33.0. The first-order valence-corrected chi connectivity index (χ1v) is 13.9. The largest absolute Gasteiger partial charge is 0.368 e. The lowest BCUT2D eigenvalue weighted by Crippen LogP contribution is -2.50. The van der Waals surface area contributed by atoms with Crippen LogP contribution in [0.25, 0.3) is 0 Å². The highest BCUT2D eigenvalue weighted by Crippen LogP contribution is 2.17. The minimum atomic E-state index is -0.315. The lowest BCUT2D eigenvalue weighted by Gasteiger charge is -2.36. The summed E-state index contributed by atoms with van der Waals surface area (Å²) < 4.78 is 0. The Morgan fingerprint density at radius 2 is 1.23 bits per heavy atom. The van der Waals surface area contributed by atoms with E-state index in [4.69, 9.17) is 34.8 Å². The predicted molar refractivity (Wildman–Crippen MR) is 160 cm³/mol. The van der Waals surface area contributed by atoms with Crippen LogP contribution in [0.2, 0.25) is 10.3 Å². The van der Waals surface area contributed by atoms with Crippen LogP contribution in [0.15, 0.2) is 36.7 Å². The van der Waals surface area contributed by atoms with Crippen molar-refractivity contribution in [2.45, 2.75) is 0 Å². The van der Waals surface area contributed by atoms with Gasteiger partial charge in [0.25, 0.3) is 0 Å². The zero-order chi connectivity index (χ0) is 28.8. The molecule has 0 radical (unpaired) electrons. The molecule has 0 atom stereocenters. The number of hydrogen-bond acceptors (Lipinski definition) is 9. The third-order valence-corrected chi connectivity index (χ3v) is 6.36. The molecule has 0 bridgehead atoms. The third-order valence-electron chi connectivity index (χ3n) is 5.80. The van der Waals surface area contributed by atoms with Crippen LogP contribution in [0.5, 0.6) is 0 Å². The first-order chi connectivity index (χ1) is 18.5. The van der Waals surface area contributed by atoms with Crippen molar-refractivity contribution >= 4 is 57.3 Å². The van der Waals surface area contributed by atoms with Crippen LogP contribution in [-0.2, 0) is 9.59 Å². The van der Waals surface area contributed by atoms with Crippen molar-refractivity contribution in [1.29, 1.82) is 0 Å². The standard InChI is InChI=1S/C13H19ClN4O.C9H12ClN3.C4H8ClNO/c1-16(2)10-13(19)18-7-5-17(6-8-18)11-3-4-12(14)15-9-11;10-9-2-1-8(7-12-9)13-5-3-11-4-6-13;1-6(2)3-4(5)7/h3-4,9H,5-8,10H2,1-2H3;1-2,7,11H,3-6H2;3H2,1-2H3. The van der Waals surface area contributed by atoms with Crippen LogP contribution in [0, 0.1) is 0 Å². The maximum Gasteiger partial charge on any atom is 0.236 e. The Balaban J connectivity index is 0.000000230. The van der Waals surface area contributed by atoms with Crippen molar-refractivity contribution in [1.82, 2.24) is 30.0 Å². The van der Waals surface area contributed by atoms with E-state index in [2.05, 4.69) is 25.1 Å². The molecule has 4 heterocycles. The van der Waals surface area contributed by atoms with Crippen LogP contribution in [0.3, 0.4) is 0 Å². The quantitative estimate of drug-likeness (QED) is 0.396. The zero-order valence-corrected chi connectivity index (χ0v) is 25.4. The molecule has 13 heteroatoms. The molecule has 0 aliphatic carbocycles. The van der Waals surface area contributed by atoms with E-state index < -0.39 is 0 Å².